The van der Waals surface area contributed by atoms with Crippen molar-refractivity contribution in [3.63, 3.8) is 0 Å². The molecule has 4 nitrogen and oxygen atoms in total. The zero-order valence-electron chi connectivity index (χ0n) is 14.9. The second-order valence-corrected chi connectivity index (χ2v) is 7.06. The largest absolute Gasteiger partial charge is 0.358 e. The number of ketones is 2. The van der Waals surface area contributed by atoms with Crippen LogP contribution in [0.3, 0.4) is 0 Å². The molecule has 0 atom stereocenters. The molecule has 0 radical (unpaired) electrons. The highest BCUT2D eigenvalue weighted by Gasteiger charge is 2.24. The van der Waals surface area contributed by atoms with Crippen molar-refractivity contribution in [2.75, 3.05) is 20.1 Å². The van der Waals surface area contributed by atoms with Crippen molar-refractivity contribution in [3.8, 4) is 0 Å². The highest BCUT2D eigenvalue weighted by atomic mass is 19.1. The molecular formula is C20H22F2N2O2. The van der Waals surface area contributed by atoms with Crippen molar-refractivity contribution in [1.29, 1.82) is 0 Å². The third-order valence-corrected chi connectivity index (χ3v) is 5.07. The minimum atomic E-state index is -0.904. The molecule has 0 spiro atoms. The topological polar surface area (TPSA) is 53.2 Å². The Balaban J connectivity index is 1.74. The third kappa shape index (κ3) is 3.75. The summed E-state index contributed by atoms with van der Waals surface area (Å²) in [6, 6.07) is 3.75. The van der Waals surface area contributed by atoms with Crippen molar-refractivity contribution in [2.45, 2.75) is 26.2 Å². The molecule has 138 valence electrons. The van der Waals surface area contributed by atoms with Gasteiger partial charge < -0.3 is 9.88 Å². The van der Waals surface area contributed by atoms with E-state index in [1.807, 2.05) is 0 Å². The lowest BCUT2D eigenvalue weighted by molar-refractivity contribution is 0.0931. The summed E-state index contributed by atoms with van der Waals surface area (Å²) < 4.78 is 28.1. The first-order valence-corrected chi connectivity index (χ1v) is 8.76. The number of piperidine rings is 1. The molecule has 1 aliphatic rings. The summed E-state index contributed by atoms with van der Waals surface area (Å²) in [5.74, 6) is -2.29. The highest BCUT2D eigenvalue weighted by molar-refractivity contribution is 6.10. The molecule has 2 aromatic rings. The summed E-state index contributed by atoms with van der Waals surface area (Å²) in [7, 11) is 2.06. The Hall–Kier alpha value is -2.34. The molecular weight excluding hydrogens is 338 g/mol. The normalized spacial score (nSPS) is 16.0. The average Bonchev–Trinajstić information content (AvgIpc) is 3.11. The fourth-order valence-electron chi connectivity index (χ4n) is 3.33. The predicted molar refractivity (Wildman–Crippen MR) is 94.5 cm³/mol. The van der Waals surface area contributed by atoms with Crippen LogP contribution in [0, 0.1) is 24.5 Å². The van der Waals surface area contributed by atoms with E-state index in [1.54, 1.807) is 0 Å². The van der Waals surface area contributed by atoms with Gasteiger partial charge in [-0.25, -0.2) is 8.78 Å². The minimum absolute atomic E-state index is 0.0798. The van der Waals surface area contributed by atoms with Crippen LogP contribution in [0.15, 0.2) is 24.4 Å². The van der Waals surface area contributed by atoms with Crippen LogP contribution >= 0.6 is 0 Å². The van der Waals surface area contributed by atoms with Gasteiger partial charge in [0.25, 0.3) is 0 Å². The number of nitrogens with zero attached hydrogens (tertiary/aromatic N) is 1. The van der Waals surface area contributed by atoms with Crippen LogP contribution in [0.4, 0.5) is 8.78 Å². The number of Topliss-reactive ketones (excluding diaryl/α,β-unsaturated/α-hetero) is 1. The van der Waals surface area contributed by atoms with Crippen LogP contribution in [-0.4, -0.2) is 41.6 Å². The van der Waals surface area contributed by atoms with Crippen molar-refractivity contribution in [3.05, 3.63) is 58.4 Å². The van der Waals surface area contributed by atoms with Crippen molar-refractivity contribution < 1.29 is 18.4 Å². The number of halogens is 2. The molecule has 0 amide bonds. The SMILES string of the molecule is Cc1ccc(F)c(C(=O)c2c[nH]c(C(=O)CC3CCN(C)CC3)c2)c1F. The van der Waals surface area contributed by atoms with E-state index >= 15 is 0 Å². The molecule has 0 aliphatic carbocycles. The monoisotopic (exact) mass is 360 g/mol. The lowest BCUT2D eigenvalue weighted by Gasteiger charge is -2.28. The molecule has 0 saturated carbocycles. The second kappa shape index (κ2) is 7.50. The van der Waals surface area contributed by atoms with Gasteiger partial charge in [0, 0.05) is 18.2 Å². The zero-order chi connectivity index (χ0) is 18.8. The third-order valence-electron chi connectivity index (χ3n) is 5.07. The first-order valence-electron chi connectivity index (χ1n) is 8.76. The molecule has 0 unspecified atom stereocenters. The van der Waals surface area contributed by atoms with E-state index in [1.165, 1.54) is 25.3 Å². The molecule has 1 saturated heterocycles. The van der Waals surface area contributed by atoms with Crippen LogP contribution in [0.5, 0.6) is 0 Å². The van der Waals surface area contributed by atoms with Crippen LogP contribution in [0.1, 0.15) is 51.2 Å². The van der Waals surface area contributed by atoms with E-state index in [0.29, 0.717) is 18.0 Å². The van der Waals surface area contributed by atoms with Gasteiger partial charge in [-0.2, -0.15) is 0 Å². The Morgan fingerprint density at radius 3 is 2.62 bits per heavy atom. The van der Waals surface area contributed by atoms with Gasteiger partial charge in [0.1, 0.15) is 11.6 Å². The number of nitrogens with one attached hydrogen (secondary N) is 1. The van der Waals surface area contributed by atoms with E-state index in [9.17, 15) is 18.4 Å². The first-order chi connectivity index (χ1) is 12.4. The number of aryl methyl sites for hydroxylation is 1. The van der Waals surface area contributed by atoms with Gasteiger partial charge in [-0.05, 0) is 63.5 Å². The Bertz CT molecular complexity index is 836. The standard InChI is InChI=1S/C20H22F2N2O2/c1-12-3-4-15(21)18(19(12)22)20(26)14-10-16(23-11-14)17(25)9-13-5-7-24(2)8-6-13/h3-4,10-11,13,23H,5-9H2,1-2H3. The number of aromatic nitrogens is 1. The van der Waals surface area contributed by atoms with Gasteiger partial charge in [-0.3, -0.25) is 9.59 Å². The summed E-state index contributed by atoms with van der Waals surface area (Å²) in [5, 5.41) is 0. The molecule has 1 aromatic heterocycles. The Morgan fingerprint density at radius 2 is 1.92 bits per heavy atom. The maximum absolute atomic E-state index is 14.2. The fourth-order valence-corrected chi connectivity index (χ4v) is 3.33. The first kappa shape index (κ1) is 18.5. The van der Waals surface area contributed by atoms with Crippen LogP contribution in [-0.2, 0) is 0 Å². The Kier molecular flexibility index (Phi) is 5.32. The molecule has 3 rings (SSSR count). The number of carbonyl (C=O) groups is 2. The minimum Gasteiger partial charge on any atom is -0.358 e. The van der Waals surface area contributed by atoms with Crippen LogP contribution < -0.4 is 0 Å². The van der Waals surface area contributed by atoms with Crippen molar-refractivity contribution in [2.24, 2.45) is 5.92 Å². The Morgan fingerprint density at radius 1 is 1.23 bits per heavy atom. The van der Waals surface area contributed by atoms with Crippen molar-refractivity contribution >= 4 is 11.6 Å². The Labute approximate surface area is 151 Å². The lowest BCUT2D eigenvalue weighted by Crippen LogP contribution is -2.31. The van der Waals surface area contributed by atoms with Gasteiger partial charge >= 0.3 is 0 Å². The van der Waals surface area contributed by atoms with Gasteiger partial charge in [0.2, 0.25) is 0 Å². The zero-order valence-corrected chi connectivity index (χ0v) is 14.9. The fraction of sp³-hybridized carbons (Fsp3) is 0.400. The second-order valence-electron chi connectivity index (χ2n) is 7.06. The quantitative estimate of drug-likeness (QED) is 0.827. The van der Waals surface area contributed by atoms with E-state index < -0.39 is 23.0 Å². The lowest BCUT2D eigenvalue weighted by atomic mass is 9.91. The van der Waals surface area contributed by atoms with Crippen LogP contribution in [0.2, 0.25) is 0 Å². The summed E-state index contributed by atoms with van der Waals surface area (Å²) >= 11 is 0. The molecule has 1 N–H and O–H groups in total. The van der Waals surface area contributed by atoms with Gasteiger partial charge in [-0.15, -0.1) is 0 Å². The van der Waals surface area contributed by atoms with E-state index in [2.05, 4.69) is 16.9 Å². The summed E-state index contributed by atoms with van der Waals surface area (Å²) in [6.07, 6.45) is 3.68. The van der Waals surface area contributed by atoms with E-state index in [0.717, 1.165) is 32.0 Å². The number of carbonyl (C=O) groups excluding carboxylic acids is 2. The summed E-state index contributed by atoms with van der Waals surface area (Å²) in [4.78, 5) is 30.0. The number of hydrogen-bond donors (Lipinski definition) is 1. The molecule has 26 heavy (non-hydrogen) atoms. The molecule has 1 aromatic carbocycles. The molecule has 1 aliphatic heterocycles. The average molecular weight is 360 g/mol. The van der Waals surface area contributed by atoms with Gasteiger partial charge in [0.05, 0.1) is 11.3 Å². The number of likely N-dealkylation sites (tertiary alicyclic amines) is 1. The van der Waals surface area contributed by atoms with Gasteiger partial charge in [-0.1, -0.05) is 6.07 Å². The van der Waals surface area contributed by atoms with Gasteiger partial charge in [0.15, 0.2) is 11.6 Å². The predicted octanol–water partition coefficient (Wildman–Crippen LogP) is 3.75. The smallest absolute Gasteiger partial charge is 0.200 e. The maximum Gasteiger partial charge on any atom is 0.200 e. The number of H-pyrrole nitrogens is 1. The number of aromatic amines is 1. The summed E-state index contributed by atoms with van der Waals surface area (Å²) in [5.41, 5.74) is 0.00282. The molecule has 6 heteroatoms. The van der Waals surface area contributed by atoms with Crippen molar-refractivity contribution in [1.82, 2.24) is 9.88 Å². The molecule has 2 heterocycles. The molecule has 0 bridgehead atoms. The molecule has 1 fully saturated rings. The number of rotatable bonds is 5. The van der Waals surface area contributed by atoms with E-state index in [4.69, 9.17) is 0 Å². The highest BCUT2D eigenvalue weighted by Crippen LogP contribution is 2.23. The number of hydrogen-bond acceptors (Lipinski definition) is 3. The maximum atomic E-state index is 14.2. The van der Waals surface area contributed by atoms with E-state index in [-0.39, 0.29) is 16.9 Å². The number of benzene rings is 1. The van der Waals surface area contributed by atoms with Crippen LogP contribution in [0.25, 0.3) is 0 Å². The summed E-state index contributed by atoms with van der Waals surface area (Å²) in [6.45, 7) is 3.41.